The van der Waals surface area contributed by atoms with Crippen molar-refractivity contribution in [3.05, 3.63) is 70.8 Å². The van der Waals surface area contributed by atoms with Crippen molar-refractivity contribution in [2.24, 2.45) is 0 Å². The molecule has 2 saturated heterocycles. The van der Waals surface area contributed by atoms with Crippen molar-refractivity contribution in [2.75, 3.05) is 13.2 Å². The van der Waals surface area contributed by atoms with Crippen LogP contribution in [0.3, 0.4) is 0 Å². The Hall–Kier alpha value is -3.25. The quantitative estimate of drug-likeness (QED) is 0.139. The predicted molar refractivity (Wildman–Crippen MR) is 159 cm³/mol. The molecule has 4 rings (SSSR count). The molecule has 2 heterocycles. The summed E-state index contributed by atoms with van der Waals surface area (Å²) < 4.78 is 11.4. The second-order valence-electron chi connectivity index (χ2n) is 10.8. The number of carbonyl (C=O) groups excluding carboxylic acids is 4. The molecule has 0 aromatic heterocycles. The van der Waals surface area contributed by atoms with E-state index in [1.807, 2.05) is 0 Å². The van der Waals surface area contributed by atoms with Crippen LogP contribution in [0.1, 0.15) is 55.3 Å². The molecule has 2 fully saturated rings. The third-order valence-electron chi connectivity index (χ3n) is 7.74. The lowest BCUT2D eigenvalue weighted by atomic mass is 9.96. The standard InChI is InChI=1S/C30H36N2O12S/c1-13(35)15-3-7-17(8-4-15)27(41)31-21-23(37)19(11-33)43-29(25(21)39)45-30-26(40)22(24(38)20(12-34)44-30)32-28(42)18-9-5-16(6-10-18)14(2)36/h3-10,19-26,29-30,33-34,37-40H,11-12H2,1-2H3,(H,31,41)(H,32,42)/t19-,20-,21+,22+,23+,24+,25-,26-,29?,30?/m1/s1. The largest absolute Gasteiger partial charge is 0.394 e. The third-order valence-corrected chi connectivity index (χ3v) is 9.06. The van der Waals surface area contributed by atoms with Crippen LogP contribution in [0.15, 0.2) is 48.5 Å². The number of aliphatic hydroxyl groups is 6. The van der Waals surface area contributed by atoms with E-state index in [0.717, 1.165) is 0 Å². The normalized spacial score (nSPS) is 31.6. The Labute approximate surface area is 262 Å². The second kappa shape index (κ2) is 14.9. The summed E-state index contributed by atoms with van der Waals surface area (Å²) >= 11 is 0.697. The van der Waals surface area contributed by atoms with Crippen LogP contribution in [0, 0.1) is 0 Å². The first-order chi connectivity index (χ1) is 21.4. The van der Waals surface area contributed by atoms with Gasteiger partial charge in [-0.1, -0.05) is 36.0 Å². The molecular formula is C30H36N2O12S. The Morgan fingerprint density at radius 3 is 1.20 bits per heavy atom. The lowest BCUT2D eigenvalue weighted by Gasteiger charge is -2.46. The maximum atomic E-state index is 13.0. The van der Waals surface area contributed by atoms with Crippen LogP contribution < -0.4 is 10.6 Å². The highest BCUT2D eigenvalue weighted by Crippen LogP contribution is 2.37. The van der Waals surface area contributed by atoms with Crippen LogP contribution in [0.2, 0.25) is 0 Å². The number of amides is 2. The summed E-state index contributed by atoms with van der Waals surface area (Å²) in [5.41, 5.74) is -1.60. The maximum Gasteiger partial charge on any atom is 0.251 e. The van der Waals surface area contributed by atoms with Crippen molar-refractivity contribution in [3.8, 4) is 0 Å². The summed E-state index contributed by atoms with van der Waals surface area (Å²) in [6.07, 6.45) is -8.87. The highest BCUT2D eigenvalue weighted by Gasteiger charge is 2.50. The summed E-state index contributed by atoms with van der Waals surface area (Å²) in [6, 6.07) is 8.69. The highest BCUT2D eigenvalue weighted by atomic mass is 32.2. The minimum absolute atomic E-state index is 0.135. The average molecular weight is 649 g/mol. The lowest BCUT2D eigenvalue weighted by molar-refractivity contribution is -0.175. The van der Waals surface area contributed by atoms with Gasteiger partial charge in [0.2, 0.25) is 0 Å². The topological polar surface area (TPSA) is 232 Å². The number of rotatable bonds is 10. The molecule has 0 bridgehead atoms. The van der Waals surface area contributed by atoms with Crippen LogP contribution in [0.5, 0.6) is 0 Å². The van der Waals surface area contributed by atoms with Gasteiger partial charge in [-0.15, -0.1) is 0 Å². The summed E-state index contributed by atoms with van der Waals surface area (Å²) in [5.74, 6) is -1.77. The van der Waals surface area contributed by atoms with Gasteiger partial charge in [-0.3, -0.25) is 19.2 Å². The molecule has 2 aromatic rings. The summed E-state index contributed by atoms with van der Waals surface area (Å²) in [7, 11) is 0. The van der Waals surface area contributed by atoms with E-state index in [1.165, 1.54) is 62.4 Å². The van der Waals surface area contributed by atoms with Crippen molar-refractivity contribution in [1.29, 1.82) is 0 Å². The number of nitrogens with one attached hydrogen (secondary N) is 2. The molecule has 45 heavy (non-hydrogen) atoms. The fourth-order valence-electron chi connectivity index (χ4n) is 5.05. The van der Waals surface area contributed by atoms with Crippen LogP contribution in [-0.2, 0) is 9.47 Å². The summed E-state index contributed by atoms with van der Waals surface area (Å²) in [4.78, 5) is 49.0. The Morgan fingerprint density at radius 1 is 0.600 bits per heavy atom. The van der Waals surface area contributed by atoms with Crippen molar-refractivity contribution in [3.63, 3.8) is 0 Å². The molecule has 2 aromatic carbocycles. The number of aliphatic hydroxyl groups excluding tert-OH is 6. The van der Waals surface area contributed by atoms with Crippen LogP contribution in [0.25, 0.3) is 0 Å². The van der Waals surface area contributed by atoms with E-state index < -0.39 is 84.6 Å². The molecule has 2 unspecified atom stereocenters. The predicted octanol–water partition coefficient (Wildman–Crippen LogP) is -1.40. The second-order valence-corrected chi connectivity index (χ2v) is 12.0. The lowest BCUT2D eigenvalue weighted by Crippen LogP contribution is -2.66. The molecular weight excluding hydrogens is 612 g/mol. The molecule has 8 N–H and O–H groups in total. The van der Waals surface area contributed by atoms with Crippen LogP contribution in [0.4, 0.5) is 0 Å². The number of carbonyl (C=O) groups is 4. The van der Waals surface area contributed by atoms with Crippen LogP contribution in [-0.4, -0.2) is 127 Å². The van der Waals surface area contributed by atoms with E-state index in [4.69, 9.17) is 9.47 Å². The SMILES string of the molecule is CC(=O)c1ccc(C(=O)N[C@H]2[C@@H](O)[C@@H](CO)OC(SC3O[C@H](CO)[C@H](O)[C@H](NC(=O)c4ccc(C(C)=O)cc4)[C@H]3O)[C@@H]2O)cc1. The average Bonchev–Trinajstić information content (AvgIpc) is 3.03. The van der Waals surface area contributed by atoms with Gasteiger partial charge in [0.05, 0.1) is 25.3 Å². The molecule has 15 heteroatoms. The van der Waals surface area contributed by atoms with Crippen molar-refractivity contribution >= 4 is 35.1 Å². The number of hydrogen-bond acceptors (Lipinski definition) is 13. The number of ketones is 2. The molecule has 0 radical (unpaired) electrons. The van der Waals surface area contributed by atoms with E-state index in [-0.39, 0.29) is 22.7 Å². The number of Topliss-reactive ketones (excluding diaryl/α,β-unsaturated/α-hetero) is 2. The zero-order valence-corrected chi connectivity index (χ0v) is 25.2. The van der Waals surface area contributed by atoms with Gasteiger partial charge in [0.1, 0.15) is 47.5 Å². The molecule has 2 amide bonds. The molecule has 2 aliphatic rings. The zero-order valence-electron chi connectivity index (χ0n) is 24.3. The van der Waals surface area contributed by atoms with Gasteiger partial charge in [-0.05, 0) is 38.1 Å². The minimum Gasteiger partial charge on any atom is -0.394 e. The monoisotopic (exact) mass is 648 g/mol. The Balaban J connectivity index is 1.50. The van der Waals surface area contributed by atoms with E-state index in [2.05, 4.69) is 10.6 Å². The number of benzene rings is 2. The van der Waals surface area contributed by atoms with Crippen molar-refractivity contribution in [2.45, 2.75) is 73.4 Å². The van der Waals surface area contributed by atoms with Crippen LogP contribution >= 0.6 is 11.8 Å². The van der Waals surface area contributed by atoms with E-state index >= 15 is 0 Å². The van der Waals surface area contributed by atoms with Gasteiger partial charge in [-0.25, -0.2) is 0 Å². The Bertz CT molecular complexity index is 1270. The fraction of sp³-hybridized carbons (Fsp3) is 0.467. The van der Waals surface area contributed by atoms with E-state index in [1.54, 1.807) is 0 Å². The van der Waals surface area contributed by atoms with Gasteiger partial charge < -0.3 is 50.7 Å². The molecule has 0 spiro atoms. The molecule has 0 saturated carbocycles. The molecule has 14 nitrogen and oxygen atoms in total. The van der Waals surface area contributed by atoms with Gasteiger partial charge in [0.15, 0.2) is 11.6 Å². The van der Waals surface area contributed by atoms with E-state index in [0.29, 0.717) is 22.9 Å². The molecule has 10 atom stereocenters. The number of thioether (sulfide) groups is 1. The highest BCUT2D eigenvalue weighted by molar-refractivity contribution is 8.00. The third kappa shape index (κ3) is 7.77. The van der Waals surface area contributed by atoms with Gasteiger partial charge in [0, 0.05) is 22.3 Å². The van der Waals surface area contributed by atoms with Gasteiger partial charge >= 0.3 is 0 Å². The van der Waals surface area contributed by atoms with Gasteiger partial charge in [0.25, 0.3) is 11.8 Å². The first-order valence-electron chi connectivity index (χ1n) is 14.1. The van der Waals surface area contributed by atoms with E-state index in [9.17, 15) is 49.8 Å². The fourth-order valence-corrected chi connectivity index (χ4v) is 6.39. The summed E-state index contributed by atoms with van der Waals surface area (Å²) in [5, 5.41) is 68.6. The van der Waals surface area contributed by atoms with Crippen molar-refractivity contribution < 1.29 is 59.3 Å². The summed E-state index contributed by atoms with van der Waals surface area (Å²) in [6.45, 7) is 1.35. The molecule has 244 valence electrons. The smallest absolute Gasteiger partial charge is 0.251 e. The van der Waals surface area contributed by atoms with Crippen molar-refractivity contribution in [1.82, 2.24) is 10.6 Å². The molecule has 0 aliphatic carbocycles. The van der Waals surface area contributed by atoms with Gasteiger partial charge in [-0.2, -0.15) is 0 Å². The molecule has 2 aliphatic heterocycles. The maximum absolute atomic E-state index is 13.0. The first-order valence-corrected chi connectivity index (χ1v) is 15.0. The first kappa shape index (κ1) is 34.6. The Morgan fingerprint density at radius 2 is 0.911 bits per heavy atom. The minimum atomic E-state index is -1.61. The number of ether oxygens (including phenoxy) is 2. The zero-order chi connectivity index (χ0) is 33.0. The number of hydrogen-bond donors (Lipinski definition) is 8. The Kier molecular flexibility index (Phi) is 11.5.